The van der Waals surface area contributed by atoms with Crippen LogP contribution in [0, 0.1) is 0 Å². The van der Waals surface area contributed by atoms with Crippen LogP contribution in [0.2, 0.25) is 0 Å². The Morgan fingerprint density at radius 1 is 1.35 bits per heavy atom. The second-order valence-corrected chi connectivity index (χ2v) is 5.29. The van der Waals surface area contributed by atoms with Crippen LogP contribution >= 0.6 is 11.8 Å². The number of rotatable bonds is 2. The van der Waals surface area contributed by atoms with Gasteiger partial charge >= 0.3 is 5.97 Å². The smallest absolute Gasteiger partial charge is 0.338 e. The molecule has 1 unspecified atom stereocenters. The van der Waals surface area contributed by atoms with Crippen LogP contribution in [-0.4, -0.2) is 36.5 Å². The maximum absolute atomic E-state index is 12.1. The molecule has 1 aromatic rings. The SMILES string of the molecule is COC(=O)C1=C(C)N=C(SC)N(C)C1c1ccccc1. The topological polar surface area (TPSA) is 41.9 Å². The molecular weight excluding hydrogens is 272 g/mol. The van der Waals surface area contributed by atoms with Crippen molar-refractivity contribution in [1.29, 1.82) is 0 Å². The predicted molar refractivity (Wildman–Crippen MR) is 82.6 cm³/mol. The molecule has 0 saturated carbocycles. The van der Waals surface area contributed by atoms with Crippen LogP contribution in [0.15, 0.2) is 46.6 Å². The average molecular weight is 290 g/mol. The van der Waals surface area contributed by atoms with Crippen LogP contribution in [0.4, 0.5) is 0 Å². The molecule has 2 rings (SSSR count). The van der Waals surface area contributed by atoms with E-state index < -0.39 is 0 Å². The Kier molecular flexibility index (Phi) is 4.49. The first-order valence-corrected chi connectivity index (χ1v) is 7.52. The zero-order valence-corrected chi connectivity index (χ0v) is 12.9. The highest BCUT2D eigenvalue weighted by Crippen LogP contribution is 2.36. The normalized spacial score (nSPS) is 18.9. The second-order valence-electron chi connectivity index (χ2n) is 4.51. The van der Waals surface area contributed by atoms with Gasteiger partial charge in [-0.15, -0.1) is 0 Å². The van der Waals surface area contributed by atoms with Crippen LogP contribution in [0.5, 0.6) is 0 Å². The van der Waals surface area contributed by atoms with Crippen LogP contribution in [0.3, 0.4) is 0 Å². The van der Waals surface area contributed by atoms with Gasteiger partial charge in [-0.3, -0.25) is 0 Å². The van der Waals surface area contributed by atoms with E-state index in [-0.39, 0.29) is 12.0 Å². The lowest BCUT2D eigenvalue weighted by Gasteiger charge is -2.35. The number of thioether (sulfide) groups is 1. The lowest BCUT2D eigenvalue weighted by Crippen LogP contribution is -2.36. The summed E-state index contributed by atoms with van der Waals surface area (Å²) in [4.78, 5) is 18.6. The first-order valence-electron chi connectivity index (χ1n) is 6.29. The number of hydrogen-bond donors (Lipinski definition) is 0. The summed E-state index contributed by atoms with van der Waals surface area (Å²) in [6.45, 7) is 1.85. The van der Waals surface area contributed by atoms with E-state index in [1.165, 1.54) is 7.11 Å². The molecule has 0 saturated heterocycles. The lowest BCUT2D eigenvalue weighted by molar-refractivity contribution is -0.136. The van der Waals surface area contributed by atoms with E-state index in [2.05, 4.69) is 4.99 Å². The number of likely N-dealkylation sites (N-methyl/N-ethyl adjacent to an activating group) is 1. The summed E-state index contributed by atoms with van der Waals surface area (Å²) in [7, 11) is 3.35. The van der Waals surface area contributed by atoms with E-state index in [0.29, 0.717) is 11.3 Å². The fraction of sp³-hybridized carbons (Fsp3) is 0.333. The van der Waals surface area contributed by atoms with Gasteiger partial charge in [-0.05, 0) is 18.7 Å². The highest BCUT2D eigenvalue weighted by Gasteiger charge is 2.33. The molecular formula is C15H18N2O2S. The van der Waals surface area contributed by atoms with E-state index in [1.54, 1.807) is 11.8 Å². The van der Waals surface area contributed by atoms with E-state index in [0.717, 1.165) is 10.7 Å². The number of aliphatic imine (C=N–C) groups is 1. The summed E-state index contributed by atoms with van der Waals surface area (Å²) in [5, 5.41) is 0.893. The molecule has 1 atom stereocenters. The van der Waals surface area contributed by atoms with Gasteiger partial charge in [-0.1, -0.05) is 42.1 Å². The molecule has 0 aromatic heterocycles. The minimum atomic E-state index is -0.327. The molecule has 1 heterocycles. The summed E-state index contributed by atoms with van der Waals surface area (Å²) >= 11 is 1.57. The molecule has 1 aromatic carbocycles. The molecule has 0 N–H and O–H groups in total. The highest BCUT2D eigenvalue weighted by atomic mass is 32.2. The van der Waals surface area contributed by atoms with Crippen molar-refractivity contribution in [1.82, 2.24) is 4.90 Å². The van der Waals surface area contributed by atoms with Gasteiger partial charge in [0.1, 0.15) is 0 Å². The summed E-state index contributed by atoms with van der Waals surface area (Å²) in [6.07, 6.45) is 1.98. The van der Waals surface area contributed by atoms with Gasteiger partial charge in [0.05, 0.1) is 24.4 Å². The van der Waals surface area contributed by atoms with Gasteiger partial charge < -0.3 is 9.64 Å². The number of allylic oxidation sites excluding steroid dienone is 1. The van der Waals surface area contributed by atoms with Crippen molar-refractivity contribution in [3.63, 3.8) is 0 Å². The molecule has 0 bridgehead atoms. The summed E-state index contributed by atoms with van der Waals surface area (Å²) in [5.74, 6) is -0.327. The lowest BCUT2D eigenvalue weighted by atomic mass is 9.95. The average Bonchev–Trinajstić information content (AvgIpc) is 2.48. The Hall–Kier alpha value is -1.75. The third-order valence-electron chi connectivity index (χ3n) is 3.32. The van der Waals surface area contributed by atoms with Gasteiger partial charge in [0.2, 0.25) is 0 Å². The third kappa shape index (κ3) is 2.58. The number of benzene rings is 1. The molecule has 1 aliphatic heterocycles. The molecule has 4 nitrogen and oxygen atoms in total. The van der Waals surface area contributed by atoms with Crippen LogP contribution < -0.4 is 0 Å². The Morgan fingerprint density at radius 2 is 2.00 bits per heavy atom. The molecule has 20 heavy (non-hydrogen) atoms. The zero-order chi connectivity index (χ0) is 14.7. The molecule has 0 spiro atoms. The Morgan fingerprint density at radius 3 is 2.55 bits per heavy atom. The highest BCUT2D eigenvalue weighted by molar-refractivity contribution is 8.13. The van der Waals surface area contributed by atoms with Crippen LogP contribution in [0.1, 0.15) is 18.5 Å². The van der Waals surface area contributed by atoms with Crippen molar-refractivity contribution in [3.8, 4) is 0 Å². The monoisotopic (exact) mass is 290 g/mol. The Bertz CT molecular complexity index is 566. The molecule has 0 amide bonds. The standard InChI is InChI=1S/C15H18N2O2S/c1-10-12(14(18)19-3)13(11-8-6-5-7-9-11)17(2)15(16-10)20-4/h5-9,13H,1-4H3. The Balaban J connectivity index is 2.56. The summed E-state index contributed by atoms with van der Waals surface area (Å²) in [5.41, 5.74) is 2.36. The van der Waals surface area contributed by atoms with Crippen molar-refractivity contribution >= 4 is 22.9 Å². The quantitative estimate of drug-likeness (QED) is 0.785. The first-order chi connectivity index (χ1) is 9.60. The fourth-order valence-corrected chi connectivity index (χ4v) is 2.99. The van der Waals surface area contributed by atoms with Crippen molar-refractivity contribution in [2.75, 3.05) is 20.4 Å². The predicted octanol–water partition coefficient (Wildman–Crippen LogP) is 2.84. The Labute approximate surface area is 123 Å². The van der Waals surface area contributed by atoms with Crippen LogP contribution in [-0.2, 0) is 9.53 Å². The van der Waals surface area contributed by atoms with E-state index in [4.69, 9.17) is 4.74 Å². The molecule has 0 fully saturated rings. The number of nitrogens with zero attached hydrogens (tertiary/aromatic N) is 2. The number of amidine groups is 1. The number of carbonyl (C=O) groups is 1. The fourth-order valence-electron chi connectivity index (χ4n) is 2.37. The van der Waals surface area contributed by atoms with Crippen LogP contribution in [0.25, 0.3) is 0 Å². The van der Waals surface area contributed by atoms with Crippen molar-refractivity contribution in [2.24, 2.45) is 4.99 Å². The number of esters is 1. The van der Waals surface area contributed by atoms with Gasteiger partial charge in [-0.2, -0.15) is 0 Å². The van der Waals surface area contributed by atoms with Crippen molar-refractivity contribution in [2.45, 2.75) is 13.0 Å². The zero-order valence-electron chi connectivity index (χ0n) is 12.1. The number of methoxy groups -OCH3 is 1. The largest absolute Gasteiger partial charge is 0.466 e. The van der Waals surface area contributed by atoms with Gasteiger partial charge in [0, 0.05) is 7.05 Å². The van der Waals surface area contributed by atoms with Crippen molar-refractivity contribution < 1.29 is 9.53 Å². The maximum Gasteiger partial charge on any atom is 0.338 e. The number of hydrogen-bond acceptors (Lipinski definition) is 5. The van der Waals surface area contributed by atoms with Crippen molar-refractivity contribution in [3.05, 3.63) is 47.2 Å². The van der Waals surface area contributed by atoms with Gasteiger partial charge in [0.25, 0.3) is 0 Å². The second kappa shape index (κ2) is 6.13. The molecule has 5 heteroatoms. The minimum Gasteiger partial charge on any atom is -0.466 e. The molecule has 1 aliphatic rings. The van der Waals surface area contributed by atoms with Gasteiger partial charge in [0.15, 0.2) is 5.17 Å². The van der Waals surface area contributed by atoms with E-state index in [1.807, 2.05) is 55.5 Å². The number of ether oxygens (including phenoxy) is 1. The maximum atomic E-state index is 12.1. The third-order valence-corrected chi connectivity index (χ3v) is 4.06. The first kappa shape index (κ1) is 14.7. The van der Waals surface area contributed by atoms with E-state index in [9.17, 15) is 4.79 Å². The van der Waals surface area contributed by atoms with E-state index >= 15 is 0 Å². The molecule has 0 aliphatic carbocycles. The minimum absolute atomic E-state index is 0.163. The van der Waals surface area contributed by atoms with Gasteiger partial charge in [-0.25, -0.2) is 9.79 Å². The summed E-state index contributed by atoms with van der Waals surface area (Å²) in [6, 6.07) is 9.77. The number of carbonyl (C=O) groups excluding carboxylic acids is 1. The molecule has 106 valence electrons. The summed E-state index contributed by atoms with van der Waals surface area (Å²) < 4.78 is 4.93. The molecule has 0 radical (unpaired) electrons.